The molecule has 12 nitrogen and oxygen atoms in total. The molecule has 1 aromatic heterocycles. The fourth-order valence-corrected chi connectivity index (χ4v) is 5.99. The van der Waals surface area contributed by atoms with E-state index in [9.17, 15) is 19.2 Å². The molecule has 46 heavy (non-hydrogen) atoms. The number of nitrogens with zero attached hydrogens (tertiary/aromatic N) is 3. The van der Waals surface area contributed by atoms with Crippen molar-refractivity contribution in [3.8, 4) is 11.1 Å². The highest BCUT2D eigenvalue weighted by Crippen LogP contribution is 2.44. The van der Waals surface area contributed by atoms with Gasteiger partial charge in [0.2, 0.25) is 5.91 Å². The summed E-state index contributed by atoms with van der Waals surface area (Å²) in [5.74, 6) is -0.780. The normalized spacial score (nSPS) is 17.5. The number of nitrogens with one attached hydrogen (secondary N) is 3. The lowest BCUT2D eigenvalue weighted by molar-refractivity contribution is -0.133. The minimum absolute atomic E-state index is 0.104. The third-order valence-electron chi connectivity index (χ3n) is 8.16. The van der Waals surface area contributed by atoms with Gasteiger partial charge < -0.3 is 19.7 Å². The Hall–Kier alpha value is -5.36. The fraction of sp³-hybridized carbons (Fsp3) is 0.242. The molecule has 0 bridgehead atoms. The molecule has 3 heterocycles. The van der Waals surface area contributed by atoms with Crippen LogP contribution in [0.15, 0.2) is 79.1 Å². The number of aromatic nitrogens is 2. The van der Waals surface area contributed by atoms with Gasteiger partial charge in [-0.15, -0.1) is 0 Å². The van der Waals surface area contributed by atoms with Crippen molar-refractivity contribution in [3.63, 3.8) is 0 Å². The number of ether oxygens (including phenoxy) is 2. The van der Waals surface area contributed by atoms with E-state index < -0.39 is 29.7 Å². The number of likely N-dealkylation sites (tertiary alicyclic amines) is 1. The first-order valence-electron chi connectivity index (χ1n) is 14.6. The highest BCUT2D eigenvalue weighted by atomic mass is 35.5. The van der Waals surface area contributed by atoms with Gasteiger partial charge in [-0.25, -0.2) is 9.59 Å². The second kappa shape index (κ2) is 12.6. The van der Waals surface area contributed by atoms with Crippen LogP contribution in [0.2, 0.25) is 5.02 Å². The number of carbonyl (C=O) groups is 4. The summed E-state index contributed by atoms with van der Waals surface area (Å²) >= 11 is 6.30. The summed E-state index contributed by atoms with van der Waals surface area (Å²) in [6, 6.07) is 18.2. The summed E-state index contributed by atoms with van der Waals surface area (Å²) in [6.07, 6.45) is 3.03. The average molecular weight is 643 g/mol. The first-order chi connectivity index (χ1) is 22.1. The molecule has 1 fully saturated rings. The quantitative estimate of drug-likeness (QED) is 0.259. The summed E-state index contributed by atoms with van der Waals surface area (Å²) in [6.45, 7) is 0.408. The Morgan fingerprint density at radius 2 is 1.85 bits per heavy atom. The van der Waals surface area contributed by atoms with Crippen LogP contribution in [0.4, 0.5) is 21.0 Å². The number of benzene rings is 3. The Labute approximate surface area is 269 Å². The van der Waals surface area contributed by atoms with E-state index in [-0.39, 0.29) is 18.9 Å². The number of carbonyl (C=O) groups excluding carboxylic acids is 4. The lowest BCUT2D eigenvalue weighted by Gasteiger charge is -2.35. The topological polar surface area (TPSA) is 144 Å². The molecule has 0 radical (unpaired) electrons. The van der Waals surface area contributed by atoms with Gasteiger partial charge in [0, 0.05) is 60.0 Å². The summed E-state index contributed by atoms with van der Waals surface area (Å²) < 4.78 is 12.1. The van der Waals surface area contributed by atoms with Gasteiger partial charge in [0.1, 0.15) is 6.04 Å². The zero-order valence-corrected chi connectivity index (χ0v) is 25.8. The molecule has 1 saturated heterocycles. The van der Waals surface area contributed by atoms with Crippen molar-refractivity contribution in [2.45, 2.75) is 24.5 Å². The minimum atomic E-state index is -1.07. The number of amides is 4. The minimum Gasteiger partial charge on any atom is -0.453 e. The first-order valence-corrected chi connectivity index (χ1v) is 14.9. The molecule has 0 saturated carbocycles. The molecule has 236 valence electrons. The van der Waals surface area contributed by atoms with Crippen LogP contribution in [0.25, 0.3) is 11.1 Å². The predicted molar refractivity (Wildman–Crippen MR) is 171 cm³/mol. The van der Waals surface area contributed by atoms with Crippen LogP contribution in [0, 0.1) is 0 Å². The van der Waals surface area contributed by atoms with Crippen molar-refractivity contribution >= 4 is 47.0 Å². The Morgan fingerprint density at radius 3 is 2.54 bits per heavy atom. The maximum absolute atomic E-state index is 14.2. The Bertz CT molecular complexity index is 1810. The summed E-state index contributed by atoms with van der Waals surface area (Å²) in [5.41, 5.74) is 3.72. The summed E-state index contributed by atoms with van der Waals surface area (Å²) in [7, 11) is 3.10. The molecule has 6 rings (SSSR count). The van der Waals surface area contributed by atoms with Crippen LogP contribution in [0.3, 0.4) is 0 Å². The number of fused-ring (bicyclic) bond motifs is 2. The molecular formula is C33H31ClN6O6. The molecule has 2 aliphatic heterocycles. The smallest absolute Gasteiger partial charge is 0.412 e. The largest absolute Gasteiger partial charge is 0.453 e. The fourth-order valence-electron chi connectivity index (χ4n) is 5.82. The van der Waals surface area contributed by atoms with Gasteiger partial charge in [-0.2, -0.15) is 5.10 Å². The van der Waals surface area contributed by atoms with E-state index in [0.29, 0.717) is 40.5 Å². The zero-order chi connectivity index (χ0) is 32.4. The lowest BCUT2D eigenvalue weighted by Crippen LogP contribution is -2.50. The van der Waals surface area contributed by atoms with Crippen molar-refractivity contribution in [3.05, 3.63) is 101 Å². The molecule has 3 aromatic carbocycles. The highest BCUT2D eigenvalue weighted by Gasteiger charge is 2.49. The molecule has 1 spiro atoms. The first kappa shape index (κ1) is 30.7. The second-order valence-corrected chi connectivity index (χ2v) is 11.7. The monoisotopic (exact) mass is 642 g/mol. The van der Waals surface area contributed by atoms with E-state index in [1.807, 2.05) is 37.5 Å². The van der Waals surface area contributed by atoms with Gasteiger partial charge in [-0.1, -0.05) is 35.9 Å². The lowest BCUT2D eigenvalue weighted by atomic mass is 9.90. The Kier molecular flexibility index (Phi) is 8.37. The van der Waals surface area contributed by atoms with Crippen LogP contribution in [0.5, 0.6) is 0 Å². The van der Waals surface area contributed by atoms with Gasteiger partial charge in [0.05, 0.1) is 25.5 Å². The molecule has 0 aliphatic carbocycles. The molecule has 2 atom stereocenters. The molecular weight excluding hydrogens is 612 g/mol. The third-order valence-corrected chi connectivity index (χ3v) is 8.39. The number of rotatable bonds is 7. The van der Waals surface area contributed by atoms with E-state index in [4.69, 9.17) is 16.3 Å². The summed E-state index contributed by atoms with van der Waals surface area (Å²) in [4.78, 5) is 53.2. The van der Waals surface area contributed by atoms with Crippen LogP contribution < -0.4 is 16.0 Å². The molecule has 0 unspecified atom stereocenters. The number of anilines is 2. The number of hydrogen-bond donors (Lipinski definition) is 3. The maximum Gasteiger partial charge on any atom is 0.412 e. The Balaban J connectivity index is 1.24. The summed E-state index contributed by atoms with van der Waals surface area (Å²) in [5, 5.41) is 12.9. The van der Waals surface area contributed by atoms with E-state index in [0.717, 1.165) is 16.7 Å². The van der Waals surface area contributed by atoms with Crippen LogP contribution >= 0.6 is 11.6 Å². The standard InChI is InChI=1S/C33H31ClN6O6/c1-39-18-23(17-35-39)21-5-3-20(4-6-21)15-28(37-29(41)22-7-10-25(11-8-22)36-31(43)45-2)30(42)40-14-13-33(19-40)26-16-24(34)9-12-27(26)38-32(44)46-33/h3-12,16-18,28H,13-15,19H2,1-2H3,(H,36,43)(H,37,41)(H,38,44)/t28-,33-/m0/s1. The Morgan fingerprint density at radius 1 is 1.09 bits per heavy atom. The van der Waals surface area contributed by atoms with E-state index in [1.165, 1.54) is 7.11 Å². The average Bonchev–Trinajstić information content (AvgIpc) is 3.68. The number of aryl methyl sites for hydroxylation is 1. The van der Waals surface area contributed by atoms with Crippen molar-refractivity contribution in [1.82, 2.24) is 20.0 Å². The van der Waals surface area contributed by atoms with Crippen molar-refractivity contribution in [1.29, 1.82) is 0 Å². The van der Waals surface area contributed by atoms with Gasteiger partial charge in [-0.05, 0) is 53.6 Å². The van der Waals surface area contributed by atoms with Crippen LogP contribution in [-0.4, -0.2) is 64.9 Å². The number of hydrogen-bond acceptors (Lipinski definition) is 7. The zero-order valence-electron chi connectivity index (χ0n) is 25.1. The molecule has 2 aliphatic rings. The molecule has 3 N–H and O–H groups in total. The van der Waals surface area contributed by atoms with E-state index >= 15 is 0 Å². The van der Waals surface area contributed by atoms with Gasteiger partial charge >= 0.3 is 12.2 Å². The van der Waals surface area contributed by atoms with Gasteiger partial charge in [0.15, 0.2) is 5.60 Å². The van der Waals surface area contributed by atoms with Gasteiger partial charge in [-0.3, -0.25) is 24.9 Å². The van der Waals surface area contributed by atoms with Crippen molar-refractivity contribution in [2.75, 3.05) is 30.8 Å². The van der Waals surface area contributed by atoms with Gasteiger partial charge in [0.25, 0.3) is 5.91 Å². The van der Waals surface area contributed by atoms with Crippen LogP contribution in [0.1, 0.15) is 27.9 Å². The molecule has 4 aromatic rings. The second-order valence-electron chi connectivity index (χ2n) is 11.2. The molecule has 4 amide bonds. The van der Waals surface area contributed by atoms with Crippen molar-refractivity contribution in [2.24, 2.45) is 7.05 Å². The SMILES string of the molecule is COC(=O)Nc1ccc(C(=O)N[C@@H](Cc2ccc(-c3cnn(C)c3)cc2)C(=O)N2CC[C@@]3(C2)OC(=O)Nc2ccc(Cl)cc23)cc1. The van der Waals surface area contributed by atoms with E-state index in [2.05, 4.69) is 25.8 Å². The molecule has 13 heteroatoms. The number of halogens is 1. The highest BCUT2D eigenvalue weighted by molar-refractivity contribution is 6.30. The van der Waals surface area contributed by atoms with E-state index in [1.54, 1.807) is 58.2 Å². The third kappa shape index (κ3) is 6.38. The van der Waals surface area contributed by atoms with Crippen molar-refractivity contribution < 1.29 is 28.7 Å². The maximum atomic E-state index is 14.2. The van der Waals surface area contributed by atoms with Crippen LogP contribution in [-0.2, 0) is 33.3 Å². The predicted octanol–water partition coefficient (Wildman–Crippen LogP) is 4.95. The number of methoxy groups -OCH3 is 1.